The van der Waals surface area contributed by atoms with Gasteiger partial charge in [0, 0.05) is 4.90 Å². The second-order valence-corrected chi connectivity index (χ2v) is 12.5. The lowest BCUT2D eigenvalue weighted by atomic mass is 9.89. The van der Waals surface area contributed by atoms with Crippen LogP contribution in [0.15, 0.2) is 157 Å². The molecule has 214 valence electrons. The third-order valence-corrected chi connectivity index (χ3v) is 9.36. The zero-order valence-corrected chi connectivity index (χ0v) is 26.0. The molecule has 0 amide bonds. The molecular formula is C43H36S. The van der Waals surface area contributed by atoms with Crippen molar-refractivity contribution < 1.29 is 0 Å². The van der Waals surface area contributed by atoms with Gasteiger partial charge >= 0.3 is 0 Å². The monoisotopic (exact) mass is 584 g/mol. The van der Waals surface area contributed by atoms with Gasteiger partial charge in [0.1, 0.15) is 0 Å². The van der Waals surface area contributed by atoms with Crippen LogP contribution in [0.2, 0.25) is 0 Å². The van der Waals surface area contributed by atoms with Gasteiger partial charge < -0.3 is 0 Å². The van der Waals surface area contributed by atoms with E-state index in [1.54, 1.807) is 11.8 Å². The first-order valence-electron chi connectivity index (χ1n) is 15.6. The summed E-state index contributed by atoms with van der Waals surface area (Å²) in [5.41, 5.74) is 15.2. The molecule has 0 aromatic heterocycles. The van der Waals surface area contributed by atoms with E-state index in [9.17, 15) is 0 Å². The molecule has 5 aromatic rings. The van der Waals surface area contributed by atoms with Crippen molar-refractivity contribution in [3.05, 3.63) is 163 Å². The maximum atomic E-state index is 2.37. The predicted molar refractivity (Wildman–Crippen MR) is 193 cm³/mol. The van der Waals surface area contributed by atoms with Crippen molar-refractivity contribution in [3.63, 3.8) is 0 Å². The molecule has 0 N–H and O–H groups in total. The fourth-order valence-electron chi connectivity index (χ4n) is 6.26. The summed E-state index contributed by atoms with van der Waals surface area (Å²) in [5, 5.41) is 0. The lowest BCUT2D eigenvalue weighted by Crippen LogP contribution is -1.91. The van der Waals surface area contributed by atoms with E-state index in [4.69, 9.17) is 0 Å². The van der Waals surface area contributed by atoms with Crippen LogP contribution in [-0.2, 0) is 0 Å². The van der Waals surface area contributed by atoms with Crippen molar-refractivity contribution in [1.29, 1.82) is 0 Å². The number of hydrogen-bond acceptors (Lipinski definition) is 1. The summed E-state index contributed by atoms with van der Waals surface area (Å²) in [6.07, 6.45) is 20.2. The summed E-state index contributed by atoms with van der Waals surface area (Å²) in [7, 11) is 0. The van der Waals surface area contributed by atoms with Crippen molar-refractivity contribution >= 4 is 22.9 Å². The molecule has 1 heteroatoms. The summed E-state index contributed by atoms with van der Waals surface area (Å²) < 4.78 is 0. The van der Waals surface area contributed by atoms with Crippen LogP contribution in [0.5, 0.6) is 0 Å². The van der Waals surface area contributed by atoms with Crippen molar-refractivity contribution in [2.75, 3.05) is 6.26 Å². The number of allylic oxidation sites excluding steroid dienone is 8. The summed E-state index contributed by atoms with van der Waals surface area (Å²) >= 11 is 1.78. The number of hydrogen-bond donors (Lipinski definition) is 0. The van der Waals surface area contributed by atoms with Crippen LogP contribution in [0.4, 0.5) is 0 Å². The topological polar surface area (TPSA) is 0 Å². The Hall–Kier alpha value is -4.59. The molecule has 0 unspecified atom stereocenters. The predicted octanol–water partition coefficient (Wildman–Crippen LogP) is 12.5. The number of rotatable bonds is 7. The number of thioether (sulfide) groups is 1. The Kier molecular flexibility index (Phi) is 8.30. The first-order chi connectivity index (χ1) is 21.7. The Balaban J connectivity index is 1.36. The molecule has 0 nitrogen and oxygen atoms in total. The van der Waals surface area contributed by atoms with Crippen molar-refractivity contribution in [1.82, 2.24) is 0 Å². The van der Waals surface area contributed by atoms with Crippen LogP contribution in [0.1, 0.15) is 36.8 Å². The minimum absolute atomic E-state index is 1.09. The van der Waals surface area contributed by atoms with Crippen LogP contribution in [0.3, 0.4) is 0 Å². The molecule has 0 radical (unpaired) electrons. The van der Waals surface area contributed by atoms with Gasteiger partial charge in [-0.05, 0) is 147 Å². The third-order valence-electron chi connectivity index (χ3n) is 8.64. The molecule has 0 fully saturated rings. The molecule has 0 atom stereocenters. The highest BCUT2D eigenvalue weighted by Gasteiger charge is 2.12. The molecular weight excluding hydrogens is 549 g/mol. The average Bonchev–Trinajstić information content (AvgIpc) is 3.12. The van der Waals surface area contributed by atoms with E-state index in [0.29, 0.717) is 0 Å². The molecule has 0 bridgehead atoms. The fourth-order valence-corrected chi connectivity index (χ4v) is 6.72. The van der Waals surface area contributed by atoms with Crippen LogP contribution in [0.25, 0.3) is 55.7 Å². The highest BCUT2D eigenvalue weighted by molar-refractivity contribution is 7.98. The zero-order chi connectivity index (χ0) is 29.7. The average molecular weight is 585 g/mol. The van der Waals surface area contributed by atoms with E-state index in [0.717, 1.165) is 25.7 Å². The molecule has 0 saturated heterocycles. The molecule has 2 aliphatic rings. The Labute approximate surface area is 266 Å². The molecule has 0 aliphatic heterocycles. The van der Waals surface area contributed by atoms with E-state index in [1.165, 1.54) is 71.7 Å². The molecule has 0 spiro atoms. The Morgan fingerprint density at radius 3 is 1.59 bits per heavy atom. The summed E-state index contributed by atoms with van der Waals surface area (Å²) in [6, 6.07) is 43.0. The van der Waals surface area contributed by atoms with E-state index in [-0.39, 0.29) is 0 Å². The van der Waals surface area contributed by atoms with Gasteiger partial charge in [0.25, 0.3) is 0 Å². The van der Waals surface area contributed by atoms with E-state index in [1.807, 2.05) is 0 Å². The molecule has 7 rings (SSSR count). The summed E-state index contributed by atoms with van der Waals surface area (Å²) in [6.45, 7) is 0. The molecule has 44 heavy (non-hydrogen) atoms. The zero-order valence-electron chi connectivity index (χ0n) is 25.2. The van der Waals surface area contributed by atoms with Gasteiger partial charge in [0.05, 0.1) is 0 Å². The molecule has 0 heterocycles. The second kappa shape index (κ2) is 13.0. The smallest absolute Gasteiger partial charge is 0.00752 e. The van der Waals surface area contributed by atoms with E-state index < -0.39 is 0 Å². The minimum atomic E-state index is 1.09. The number of benzene rings is 5. The highest BCUT2D eigenvalue weighted by Crippen LogP contribution is 2.37. The molecule has 5 aromatic carbocycles. The van der Waals surface area contributed by atoms with Gasteiger partial charge in [-0.15, -0.1) is 11.8 Å². The molecule has 2 aliphatic carbocycles. The second-order valence-electron chi connectivity index (χ2n) is 11.6. The Morgan fingerprint density at radius 2 is 1.00 bits per heavy atom. The van der Waals surface area contributed by atoms with Gasteiger partial charge in [-0.2, -0.15) is 0 Å². The largest absolute Gasteiger partial charge is 0.130 e. The summed E-state index contributed by atoms with van der Waals surface area (Å²) in [4.78, 5) is 1.28. The van der Waals surface area contributed by atoms with E-state index >= 15 is 0 Å². The SMILES string of the molecule is CSc1cccc(-c2cccc(-c3cc(-c4cccc(C5=CCCC=C5)c4)cc(-c4cccc(C5=CC=CCC5)c4)c3)c2)c1. The first-order valence-corrected chi connectivity index (χ1v) is 16.8. The fraction of sp³-hybridized carbons (Fsp3) is 0.116. The lowest BCUT2D eigenvalue weighted by molar-refractivity contribution is 1.04. The third kappa shape index (κ3) is 6.20. The Bertz CT molecular complexity index is 1950. The van der Waals surface area contributed by atoms with Crippen molar-refractivity contribution in [2.45, 2.75) is 30.6 Å². The van der Waals surface area contributed by atoms with Crippen molar-refractivity contribution in [2.24, 2.45) is 0 Å². The van der Waals surface area contributed by atoms with E-state index in [2.05, 4.69) is 158 Å². The van der Waals surface area contributed by atoms with Crippen LogP contribution in [0, 0.1) is 0 Å². The minimum Gasteiger partial charge on any atom is -0.130 e. The normalized spacial score (nSPS) is 14.3. The molecule has 0 saturated carbocycles. The van der Waals surface area contributed by atoms with Crippen molar-refractivity contribution in [3.8, 4) is 44.5 Å². The van der Waals surface area contributed by atoms with Gasteiger partial charge in [-0.1, -0.05) is 103 Å². The first kappa shape index (κ1) is 28.2. The summed E-state index contributed by atoms with van der Waals surface area (Å²) in [5.74, 6) is 0. The highest BCUT2D eigenvalue weighted by atomic mass is 32.2. The van der Waals surface area contributed by atoms with Crippen LogP contribution >= 0.6 is 11.8 Å². The van der Waals surface area contributed by atoms with Gasteiger partial charge in [-0.25, -0.2) is 0 Å². The van der Waals surface area contributed by atoms with Gasteiger partial charge in [-0.3, -0.25) is 0 Å². The van der Waals surface area contributed by atoms with Gasteiger partial charge in [0.2, 0.25) is 0 Å². The van der Waals surface area contributed by atoms with Crippen LogP contribution < -0.4 is 0 Å². The Morgan fingerprint density at radius 1 is 0.477 bits per heavy atom. The maximum Gasteiger partial charge on any atom is 0.00752 e. The van der Waals surface area contributed by atoms with Gasteiger partial charge in [0.15, 0.2) is 0 Å². The van der Waals surface area contributed by atoms with Crippen LogP contribution in [-0.4, -0.2) is 6.26 Å². The maximum absolute atomic E-state index is 2.37. The quantitative estimate of drug-likeness (QED) is 0.171. The standard InChI is InChI=1S/C43H36S/c1-44-43-23-11-22-39(30-43)35-18-10-21-38(26-35)42-28-40(36-19-8-16-33(24-36)31-12-4-2-5-13-31)27-41(29-42)37-20-9-17-34(25-37)32-14-6-3-7-15-32/h2,4,6,8-12,14-30H,3,5,7,13H2,1H3. The lowest BCUT2D eigenvalue weighted by Gasteiger charge is -2.15.